The Morgan fingerprint density at radius 2 is 1.76 bits per heavy atom. The number of hydrogen-bond donors (Lipinski definition) is 2. The molecule has 0 aliphatic carbocycles. The lowest BCUT2D eigenvalue weighted by molar-refractivity contribution is 0.270. The Balaban J connectivity index is 2.37. The van der Waals surface area contributed by atoms with E-state index in [1.54, 1.807) is 0 Å². The summed E-state index contributed by atoms with van der Waals surface area (Å²) in [5.74, 6) is 0.886. The summed E-state index contributed by atoms with van der Waals surface area (Å²) in [5.41, 5.74) is 8.67. The smallest absolute Gasteiger partial charge is 0.162 e. The average Bonchev–Trinajstić information content (AvgIpc) is 2.53. The molecule has 1 aliphatic rings. The predicted octanol–water partition coefficient (Wildman–Crippen LogP) is 1.03. The molecule has 2 rings (SSSR count). The van der Waals surface area contributed by atoms with Crippen LogP contribution in [0.2, 0.25) is 0 Å². The monoisotopic (exact) mass is 290 g/mol. The maximum Gasteiger partial charge on any atom is 0.162 e. The van der Waals surface area contributed by atoms with Gasteiger partial charge in [-0.15, -0.1) is 5.10 Å². The molecule has 0 amide bonds. The molecule has 0 saturated carbocycles. The Morgan fingerprint density at radius 1 is 1.10 bits per heavy atom. The largest absolute Gasteiger partial charge is 0.384 e. The number of nitrogens with two attached hydrogens (primary N) is 1. The van der Waals surface area contributed by atoms with Crippen molar-refractivity contribution >= 4 is 11.7 Å². The second-order valence-electron chi connectivity index (χ2n) is 5.37. The molecule has 0 bridgehead atoms. The molecule has 0 spiro atoms. The zero-order valence-electron chi connectivity index (χ0n) is 13.3. The van der Waals surface area contributed by atoms with Crippen molar-refractivity contribution in [1.29, 1.82) is 5.41 Å². The van der Waals surface area contributed by atoms with E-state index in [-0.39, 0.29) is 5.84 Å². The van der Waals surface area contributed by atoms with E-state index in [0.717, 1.165) is 68.2 Å². The first kappa shape index (κ1) is 15.7. The van der Waals surface area contributed by atoms with Crippen molar-refractivity contribution in [2.24, 2.45) is 5.73 Å². The normalized spacial score (nSPS) is 16.2. The average molecular weight is 290 g/mol. The zero-order chi connectivity index (χ0) is 15.4. The van der Waals surface area contributed by atoms with Gasteiger partial charge in [0.2, 0.25) is 0 Å². The fourth-order valence-corrected chi connectivity index (χ4v) is 2.94. The third kappa shape index (κ3) is 3.15. The molecular formula is C15H26N6. The van der Waals surface area contributed by atoms with Gasteiger partial charge in [-0.25, -0.2) is 0 Å². The van der Waals surface area contributed by atoms with E-state index >= 15 is 0 Å². The molecule has 0 atom stereocenters. The number of hydrogen-bond acceptors (Lipinski definition) is 5. The van der Waals surface area contributed by atoms with Crippen LogP contribution in [0.5, 0.6) is 0 Å². The highest BCUT2D eigenvalue weighted by molar-refractivity contribution is 6.01. The van der Waals surface area contributed by atoms with Crippen LogP contribution in [0.15, 0.2) is 0 Å². The van der Waals surface area contributed by atoms with E-state index in [4.69, 9.17) is 11.1 Å². The molecule has 1 aromatic heterocycles. The lowest BCUT2D eigenvalue weighted by Gasteiger charge is -2.35. The van der Waals surface area contributed by atoms with E-state index in [2.05, 4.69) is 40.8 Å². The third-order valence-corrected chi connectivity index (χ3v) is 4.22. The van der Waals surface area contributed by atoms with Gasteiger partial charge >= 0.3 is 0 Å². The summed E-state index contributed by atoms with van der Waals surface area (Å²) in [6.45, 7) is 11.3. The molecule has 6 nitrogen and oxygen atoms in total. The number of aromatic nitrogens is 2. The molecule has 0 radical (unpaired) electrons. The number of nitrogens with one attached hydrogen (secondary N) is 1. The Hall–Kier alpha value is -1.69. The van der Waals surface area contributed by atoms with Crippen molar-refractivity contribution in [2.45, 2.75) is 33.6 Å². The topological polar surface area (TPSA) is 82.1 Å². The highest BCUT2D eigenvalue weighted by atomic mass is 15.3. The molecular weight excluding hydrogens is 264 g/mol. The fourth-order valence-electron chi connectivity index (χ4n) is 2.94. The molecule has 1 aromatic rings. The van der Waals surface area contributed by atoms with Crippen LogP contribution in [0.25, 0.3) is 0 Å². The number of rotatable bonds is 5. The Bertz CT molecular complexity index is 505. The molecule has 1 aliphatic heterocycles. The van der Waals surface area contributed by atoms with Crippen molar-refractivity contribution in [2.75, 3.05) is 37.6 Å². The Kier molecular flexibility index (Phi) is 5.12. The number of nitrogens with zero attached hydrogens (tertiary/aromatic N) is 4. The highest BCUT2D eigenvalue weighted by Crippen LogP contribution is 2.24. The van der Waals surface area contributed by atoms with E-state index < -0.39 is 0 Å². The van der Waals surface area contributed by atoms with Crippen LogP contribution >= 0.6 is 0 Å². The van der Waals surface area contributed by atoms with Crippen LogP contribution in [0.3, 0.4) is 0 Å². The van der Waals surface area contributed by atoms with Crippen molar-refractivity contribution in [3.63, 3.8) is 0 Å². The van der Waals surface area contributed by atoms with Crippen LogP contribution in [-0.4, -0.2) is 53.7 Å². The van der Waals surface area contributed by atoms with E-state index in [9.17, 15) is 0 Å². The second-order valence-corrected chi connectivity index (χ2v) is 5.37. The predicted molar refractivity (Wildman–Crippen MR) is 86.1 cm³/mol. The molecule has 116 valence electrons. The minimum atomic E-state index is 0.101. The number of amidine groups is 1. The summed E-state index contributed by atoms with van der Waals surface area (Å²) < 4.78 is 0. The van der Waals surface area contributed by atoms with Gasteiger partial charge in [0.15, 0.2) is 5.82 Å². The lowest BCUT2D eigenvalue weighted by Crippen LogP contribution is -2.47. The highest BCUT2D eigenvalue weighted by Gasteiger charge is 2.24. The number of nitrogen functional groups attached to an aromatic ring is 1. The number of anilines is 1. The molecule has 1 saturated heterocycles. The summed E-state index contributed by atoms with van der Waals surface area (Å²) in [6, 6.07) is 0. The molecule has 2 heterocycles. The van der Waals surface area contributed by atoms with E-state index in [1.165, 1.54) is 0 Å². The van der Waals surface area contributed by atoms with Crippen LogP contribution < -0.4 is 10.6 Å². The summed E-state index contributed by atoms with van der Waals surface area (Å²) in [7, 11) is 0. The molecule has 21 heavy (non-hydrogen) atoms. The van der Waals surface area contributed by atoms with Gasteiger partial charge in [-0.05, 0) is 24.9 Å². The zero-order valence-corrected chi connectivity index (χ0v) is 13.3. The van der Waals surface area contributed by atoms with Gasteiger partial charge in [-0.2, -0.15) is 5.10 Å². The first-order valence-corrected chi connectivity index (χ1v) is 7.82. The SMILES string of the molecule is CCc1nnc(N2CCN(CC)CC2)c(C(=N)N)c1CC. The standard InChI is InChI=1S/C15H26N6/c1-4-11-12(5-2)18-19-15(13(11)14(16)17)21-9-7-20(6-3)8-10-21/h4-10H2,1-3H3,(H3,16,17). The Labute approximate surface area is 126 Å². The first-order chi connectivity index (χ1) is 10.1. The minimum absolute atomic E-state index is 0.101. The van der Waals surface area contributed by atoms with E-state index in [0.29, 0.717) is 0 Å². The maximum atomic E-state index is 7.96. The summed E-state index contributed by atoms with van der Waals surface area (Å²) in [6.07, 6.45) is 1.65. The van der Waals surface area contributed by atoms with Gasteiger partial charge in [0.25, 0.3) is 0 Å². The first-order valence-electron chi connectivity index (χ1n) is 7.82. The Morgan fingerprint density at radius 3 is 2.24 bits per heavy atom. The molecule has 0 unspecified atom stereocenters. The number of piperazine rings is 1. The number of likely N-dealkylation sites (N-methyl/N-ethyl adjacent to an activating group) is 1. The van der Waals surface area contributed by atoms with Gasteiger partial charge in [-0.3, -0.25) is 5.41 Å². The van der Waals surface area contributed by atoms with E-state index in [1.807, 2.05) is 0 Å². The summed E-state index contributed by atoms with van der Waals surface area (Å²) in [5, 5.41) is 16.7. The maximum absolute atomic E-state index is 7.96. The summed E-state index contributed by atoms with van der Waals surface area (Å²) in [4.78, 5) is 4.63. The third-order valence-electron chi connectivity index (χ3n) is 4.22. The van der Waals surface area contributed by atoms with Gasteiger partial charge < -0.3 is 15.5 Å². The van der Waals surface area contributed by atoms with Crippen LogP contribution in [0.4, 0.5) is 5.82 Å². The van der Waals surface area contributed by atoms with Crippen molar-refractivity contribution in [3.8, 4) is 0 Å². The number of aryl methyl sites for hydroxylation is 1. The lowest BCUT2D eigenvalue weighted by atomic mass is 10.0. The van der Waals surface area contributed by atoms with Crippen molar-refractivity contribution < 1.29 is 0 Å². The molecule has 0 aromatic carbocycles. The van der Waals surface area contributed by atoms with Crippen LogP contribution in [0.1, 0.15) is 37.6 Å². The quantitative estimate of drug-likeness (QED) is 0.625. The van der Waals surface area contributed by atoms with Gasteiger partial charge in [0, 0.05) is 26.2 Å². The molecule has 3 N–H and O–H groups in total. The van der Waals surface area contributed by atoms with Crippen molar-refractivity contribution in [1.82, 2.24) is 15.1 Å². The van der Waals surface area contributed by atoms with Crippen molar-refractivity contribution in [3.05, 3.63) is 16.8 Å². The molecule has 6 heteroatoms. The van der Waals surface area contributed by atoms with Crippen LogP contribution in [0, 0.1) is 5.41 Å². The van der Waals surface area contributed by atoms with Gasteiger partial charge in [0.1, 0.15) is 5.84 Å². The minimum Gasteiger partial charge on any atom is -0.384 e. The fraction of sp³-hybridized carbons (Fsp3) is 0.667. The van der Waals surface area contributed by atoms with Gasteiger partial charge in [0.05, 0.1) is 11.3 Å². The summed E-state index contributed by atoms with van der Waals surface area (Å²) >= 11 is 0. The van der Waals surface area contributed by atoms with Crippen LogP contribution in [-0.2, 0) is 12.8 Å². The van der Waals surface area contributed by atoms with Gasteiger partial charge in [-0.1, -0.05) is 20.8 Å². The molecule has 1 fully saturated rings. The second kappa shape index (κ2) is 6.85.